The minimum absolute atomic E-state index is 0.0381. The number of alkyl halides is 2. The van der Waals surface area contributed by atoms with E-state index >= 15 is 8.78 Å². The van der Waals surface area contributed by atoms with Crippen LogP contribution in [-0.2, 0) is 36.7 Å². The molecule has 3 saturated heterocycles. The van der Waals surface area contributed by atoms with Crippen LogP contribution < -0.4 is 17.0 Å². The molecule has 0 amide bonds. The summed E-state index contributed by atoms with van der Waals surface area (Å²) in [5, 5.41) is 0. The monoisotopic (exact) mass is 710 g/mol. The largest absolute Gasteiger partial charge is 0.386 e. The minimum Gasteiger partial charge on any atom is -0.382 e. The first kappa shape index (κ1) is 30.9. The average molecular weight is 711 g/mol. The van der Waals surface area contributed by atoms with Crippen LogP contribution in [0.15, 0.2) is 23.8 Å². The van der Waals surface area contributed by atoms with Crippen molar-refractivity contribution in [2.45, 2.75) is 49.2 Å². The van der Waals surface area contributed by atoms with Gasteiger partial charge in [0.15, 0.2) is 47.4 Å². The molecule has 7 heterocycles. The van der Waals surface area contributed by atoms with Crippen LogP contribution in [0.4, 0.5) is 20.5 Å². The third-order valence-electron chi connectivity index (χ3n) is 7.23. The smallest absolute Gasteiger partial charge is 0.382 e. The van der Waals surface area contributed by atoms with Gasteiger partial charge >= 0.3 is 13.6 Å². The summed E-state index contributed by atoms with van der Waals surface area (Å²) in [6.45, 7) is -10.3. The lowest BCUT2D eigenvalue weighted by Crippen LogP contribution is -2.36. The highest BCUT2D eigenvalue weighted by molar-refractivity contribution is 8.44. The Kier molecular flexibility index (Phi) is 7.70. The van der Waals surface area contributed by atoms with Gasteiger partial charge in [0.05, 0.1) is 25.9 Å². The lowest BCUT2D eigenvalue weighted by atomic mass is 10.1. The summed E-state index contributed by atoms with van der Waals surface area (Å²) in [6, 6.07) is 0. The lowest BCUT2D eigenvalue weighted by molar-refractivity contribution is -0.0544. The third-order valence-corrected chi connectivity index (χ3v) is 10.5. The molecule has 3 aliphatic rings. The number of nitrogens with two attached hydrogens (primary N) is 2. The van der Waals surface area contributed by atoms with Crippen molar-refractivity contribution < 1.29 is 45.5 Å². The van der Waals surface area contributed by atoms with Crippen LogP contribution >= 0.6 is 38.1 Å². The highest BCUT2D eigenvalue weighted by Crippen LogP contribution is 2.60. The summed E-state index contributed by atoms with van der Waals surface area (Å²) in [6.07, 6.45) is -9.92. The summed E-state index contributed by atoms with van der Waals surface area (Å²) in [4.78, 5) is 34.4. The Morgan fingerprint density at radius 1 is 0.844 bits per heavy atom. The van der Waals surface area contributed by atoms with Gasteiger partial charge in [0.2, 0.25) is 5.95 Å². The fourth-order valence-electron chi connectivity index (χ4n) is 5.25. The van der Waals surface area contributed by atoms with E-state index in [1.54, 1.807) is 0 Å². The predicted octanol–water partition coefficient (Wildman–Crippen LogP) is 1.49. The zero-order valence-corrected chi connectivity index (χ0v) is 25.8. The molecular formula is C20H22F2N10O9P2S2. The fourth-order valence-corrected chi connectivity index (χ4v) is 8.21. The molecule has 0 aliphatic carbocycles. The second-order valence-corrected chi connectivity index (χ2v) is 15.8. The molecule has 3 aliphatic heterocycles. The van der Waals surface area contributed by atoms with Gasteiger partial charge < -0.3 is 20.9 Å². The van der Waals surface area contributed by atoms with Crippen LogP contribution in [0.5, 0.6) is 0 Å². The van der Waals surface area contributed by atoms with E-state index in [2.05, 4.69) is 54.4 Å². The SMILES string of the molecule is Nc1nc2c(ncn2C2OC3COP(=O)(S)O[C@@H]4C(COP(=O)(S)O[C@H]3[C@H]2F)OC(n2cnc3c(N)ncnc32)[C@@H]4F)c(=O)[nH]1. The van der Waals surface area contributed by atoms with Crippen LogP contribution in [0.2, 0.25) is 0 Å². The molecule has 7 rings (SSSR count). The number of rotatable bonds is 2. The van der Waals surface area contributed by atoms with Crippen LogP contribution in [0, 0.1) is 0 Å². The van der Waals surface area contributed by atoms with Crippen LogP contribution in [-0.4, -0.2) is 89.0 Å². The normalized spacial score (nSPS) is 37.7. The van der Waals surface area contributed by atoms with Crippen molar-refractivity contribution in [2.75, 3.05) is 24.7 Å². The van der Waals surface area contributed by atoms with E-state index in [9.17, 15) is 13.9 Å². The van der Waals surface area contributed by atoms with Crippen LogP contribution in [0.3, 0.4) is 0 Å². The molecule has 0 spiro atoms. The van der Waals surface area contributed by atoms with E-state index < -0.39 is 81.6 Å². The standard InChI is InChI=1S/C20H22F2N10O9P2S2/c21-8-12-6(38-18(8)31-4-27-10-14(23)25-3-26-15(10)31)1-36-43(35,45)41-13-7(2-37-42(34,44)40-12)39-19(9(13)22)32-5-28-11-16(32)29-20(24)30-17(11)33/h3-9,12-13,18-19H,1-2H2,(H,34,44)(H,35,45)(H2,23,25,26)(H3,24,29,30,33)/t6?,7?,8-,9-,12-,13-,18?,19?,42?,43?/m1/s1. The van der Waals surface area contributed by atoms with E-state index in [1.807, 2.05) is 0 Å². The molecule has 25 heteroatoms. The number of ether oxygens (including phenoxy) is 2. The minimum atomic E-state index is -4.44. The van der Waals surface area contributed by atoms with Crippen molar-refractivity contribution in [2.24, 2.45) is 0 Å². The van der Waals surface area contributed by atoms with Crippen LogP contribution in [0.1, 0.15) is 12.5 Å². The first-order valence-electron chi connectivity index (χ1n) is 12.9. The quantitative estimate of drug-likeness (QED) is 0.146. The van der Waals surface area contributed by atoms with Crippen molar-refractivity contribution in [1.29, 1.82) is 0 Å². The van der Waals surface area contributed by atoms with Gasteiger partial charge in [-0.15, -0.1) is 0 Å². The molecule has 0 radical (unpaired) electrons. The number of anilines is 2. The Balaban J connectivity index is 1.17. The second-order valence-electron chi connectivity index (χ2n) is 10.0. The molecule has 242 valence electrons. The number of imidazole rings is 2. The van der Waals surface area contributed by atoms with E-state index in [0.29, 0.717) is 0 Å². The fraction of sp³-hybridized carbons (Fsp3) is 0.500. The van der Waals surface area contributed by atoms with Gasteiger partial charge in [-0.3, -0.25) is 37.0 Å². The average Bonchev–Trinajstić information content (AvgIpc) is 3.72. The van der Waals surface area contributed by atoms with Crippen LogP contribution in [0.25, 0.3) is 22.3 Å². The number of nitrogen functional groups attached to an aromatic ring is 2. The topological polar surface area (TPSA) is 249 Å². The highest BCUT2D eigenvalue weighted by atomic mass is 32.7. The Hall–Kier alpha value is -2.72. The molecule has 45 heavy (non-hydrogen) atoms. The van der Waals surface area contributed by atoms with Crippen molar-refractivity contribution in [3.63, 3.8) is 0 Å². The molecule has 4 aromatic rings. The number of hydrogen-bond donors (Lipinski definition) is 5. The first-order valence-corrected chi connectivity index (χ1v) is 18.3. The number of aromatic nitrogens is 8. The molecule has 4 aromatic heterocycles. The molecular weight excluding hydrogens is 688 g/mol. The maximum atomic E-state index is 16.0. The number of nitrogens with zero attached hydrogens (tertiary/aromatic N) is 7. The molecule has 19 nitrogen and oxygen atoms in total. The van der Waals surface area contributed by atoms with Crippen molar-refractivity contribution in [1.82, 2.24) is 39.0 Å². The molecule has 10 atom stereocenters. The molecule has 0 bridgehead atoms. The zero-order valence-electron chi connectivity index (χ0n) is 22.3. The lowest BCUT2D eigenvalue weighted by Gasteiger charge is -2.28. The van der Waals surface area contributed by atoms with Gasteiger partial charge in [0.1, 0.15) is 36.3 Å². The molecule has 6 unspecified atom stereocenters. The summed E-state index contributed by atoms with van der Waals surface area (Å²) in [7, 11) is 0. The molecule has 5 N–H and O–H groups in total. The third kappa shape index (κ3) is 5.53. The number of aromatic amines is 1. The zero-order chi connectivity index (χ0) is 31.8. The van der Waals surface area contributed by atoms with Gasteiger partial charge in [-0.2, -0.15) is 4.98 Å². The maximum absolute atomic E-state index is 16.0. The number of thiol groups is 2. The number of fused-ring (bicyclic) bond motifs is 4. The highest BCUT2D eigenvalue weighted by Gasteiger charge is 2.54. The molecule has 0 aromatic carbocycles. The number of H-pyrrole nitrogens is 1. The Labute approximate surface area is 259 Å². The van der Waals surface area contributed by atoms with Crippen molar-refractivity contribution in [3.8, 4) is 0 Å². The summed E-state index contributed by atoms with van der Waals surface area (Å²) >= 11 is 7.94. The number of hydrogen-bond acceptors (Lipinski definition) is 16. The van der Waals surface area contributed by atoms with Crippen molar-refractivity contribution >= 4 is 72.2 Å². The first-order chi connectivity index (χ1) is 21.3. The Morgan fingerprint density at radius 3 is 1.96 bits per heavy atom. The van der Waals surface area contributed by atoms with E-state index in [-0.39, 0.29) is 34.1 Å². The number of nitrogens with one attached hydrogen (secondary N) is 1. The van der Waals surface area contributed by atoms with Gasteiger partial charge in [-0.1, -0.05) is 24.5 Å². The van der Waals surface area contributed by atoms with Gasteiger partial charge in [0, 0.05) is 0 Å². The maximum Gasteiger partial charge on any atom is 0.386 e. The van der Waals surface area contributed by atoms with Gasteiger partial charge in [-0.05, 0) is 0 Å². The van der Waals surface area contributed by atoms with Gasteiger partial charge in [0.25, 0.3) is 5.56 Å². The summed E-state index contributed by atoms with van der Waals surface area (Å²) < 4.78 is 94.2. The van der Waals surface area contributed by atoms with Crippen molar-refractivity contribution in [3.05, 3.63) is 29.3 Å². The van der Waals surface area contributed by atoms with E-state index in [0.717, 1.165) is 17.2 Å². The molecule has 0 saturated carbocycles. The predicted molar refractivity (Wildman–Crippen MR) is 155 cm³/mol. The van der Waals surface area contributed by atoms with Gasteiger partial charge in [-0.25, -0.2) is 37.8 Å². The number of halogens is 2. The second kappa shape index (κ2) is 11.2. The molecule has 3 fully saturated rings. The van der Waals surface area contributed by atoms with E-state index in [1.165, 1.54) is 10.9 Å². The summed E-state index contributed by atoms with van der Waals surface area (Å²) in [5.41, 5.74) is 10.8. The van der Waals surface area contributed by atoms with E-state index in [4.69, 9.17) is 39.0 Å². The Morgan fingerprint density at radius 2 is 1.38 bits per heavy atom. The Bertz CT molecular complexity index is 1950. The summed E-state index contributed by atoms with van der Waals surface area (Å²) in [5.74, 6) is -0.231.